The van der Waals surface area contributed by atoms with E-state index in [4.69, 9.17) is 0 Å². The van der Waals surface area contributed by atoms with Gasteiger partial charge in [0.25, 0.3) is 0 Å². The Balaban J connectivity index is 4.14. The maximum absolute atomic E-state index is 10.8. The highest BCUT2D eigenvalue weighted by Crippen LogP contribution is 2.17. The molecule has 0 aliphatic carbocycles. The Morgan fingerprint density at radius 2 is 1.25 bits per heavy atom. The number of rotatable bonds is 5. The summed E-state index contributed by atoms with van der Waals surface area (Å²) in [6.45, 7) is 0. The lowest BCUT2D eigenvalue weighted by Gasteiger charge is -2.05. The summed E-state index contributed by atoms with van der Waals surface area (Å²) < 4.78 is -0.897. The van der Waals surface area contributed by atoms with Crippen molar-refractivity contribution in [3.05, 3.63) is 0 Å². The lowest BCUT2D eigenvalue weighted by atomic mass is 10.1. The van der Waals surface area contributed by atoms with Crippen molar-refractivity contribution in [1.82, 2.24) is 0 Å². The van der Waals surface area contributed by atoms with E-state index in [0.29, 0.717) is 0 Å². The Hall–Kier alpha value is 0.450. The van der Waals surface area contributed by atoms with E-state index >= 15 is 0 Å². The molecular weight excluding hydrogens is 360 g/mol. The summed E-state index contributed by atoms with van der Waals surface area (Å²) in [4.78, 5) is 31.9. The molecule has 0 atom stereocenters. The van der Waals surface area contributed by atoms with Crippen LogP contribution in [0.1, 0.15) is 12.8 Å². The van der Waals surface area contributed by atoms with Gasteiger partial charge in [0, 0.05) is 18.8 Å². The maximum atomic E-state index is 10.8. The first kappa shape index (κ1) is 12.4. The van der Waals surface area contributed by atoms with E-state index in [-0.39, 0.29) is 26.9 Å². The van der Waals surface area contributed by atoms with Gasteiger partial charge in [-0.25, -0.2) is 0 Å². The lowest BCUT2D eigenvalue weighted by molar-refractivity contribution is -0.121. The van der Waals surface area contributed by atoms with Crippen LogP contribution in [0.3, 0.4) is 0 Å². The largest absolute Gasteiger partial charge is 0.287 e. The Labute approximate surface area is 94.7 Å². The van der Waals surface area contributed by atoms with Gasteiger partial charge in [-0.15, -0.1) is 0 Å². The standard InChI is InChI=1S/C6H5Br3O3/c7-4(10)1-3(6(9)12)2-5(8)11/h3H,1-2H2. The Kier molecular flexibility index (Phi) is 6.21. The Morgan fingerprint density at radius 1 is 0.917 bits per heavy atom. The fourth-order valence-electron chi connectivity index (χ4n) is 0.620. The van der Waals surface area contributed by atoms with E-state index in [1.807, 2.05) is 0 Å². The van der Waals surface area contributed by atoms with Crippen molar-refractivity contribution in [3.63, 3.8) is 0 Å². The molecule has 0 spiro atoms. The molecule has 0 heterocycles. The van der Waals surface area contributed by atoms with Crippen molar-refractivity contribution in [3.8, 4) is 0 Å². The minimum Gasteiger partial charge on any atom is -0.287 e. The van der Waals surface area contributed by atoms with Crippen LogP contribution in [-0.2, 0) is 14.4 Å². The molecule has 0 saturated carbocycles. The zero-order valence-corrected chi connectivity index (χ0v) is 10.6. The highest BCUT2D eigenvalue weighted by Gasteiger charge is 2.20. The molecule has 0 amide bonds. The molecule has 12 heavy (non-hydrogen) atoms. The maximum Gasteiger partial charge on any atom is 0.201 e. The van der Waals surface area contributed by atoms with Crippen molar-refractivity contribution in [2.75, 3.05) is 0 Å². The van der Waals surface area contributed by atoms with Gasteiger partial charge in [0.05, 0.1) is 0 Å². The highest BCUT2D eigenvalue weighted by molar-refractivity contribution is 9.18. The molecule has 0 saturated heterocycles. The highest BCUT2D eigenvalue weighted by atomic mass is 79.9. The summed E-state index contributed by atoms with van der Waals surface area (Å²) in [7, 11) is 0. The topological polar surface area (TPSA) is 51.2 Å². The average molecular weight is 365 g/mol. The van der Waals surface area contributed by atoms with Crippen LogP contribution in [0.4, 0.5) is 0 Å². The monoisotopic (exact) mass is 362 g/mol. The van der Waals surface area contributed by atoms with Crippen LogP contribution in [-0.4, -0.2) is 14.1 Å². The van der Waals surface area contributed by atoms with Gasteiger partial charge in [0.15, 0.2) is 9.39 Å². The zero-order chi connectivity index (χ0) is 9.72. The quantitative estimate of drug-likeness (QED) is 0.702. The van der Waals surface area contributed by atoms with Crippen molar-refractivity contribution < 1.29 is 14.4 Å². The number of hydrogen-bond acceptors (Lipinski definition) is 3. The fraction of sp³-hybridized carbons (Fsp3) is 0.500. The lowest BCUT2D eigenvalue weighted by Crippen LogP contribution is -2.13. The molecule has 6 heteroatoms. The summed E-state index contributed by atoms with van der Waals surface area (Å²) in [6, 6.07) is 0. The number of hydrogen-bond donors (Lipinski definition) is 0. The molecular formula is C6H5Br3O3. The minimum atomic E-state index is -0.580. The summed E-state index contributed by atoms with van der Waals surface area (Å²) in [5, 5.41) is 0. The van der Waals surface area contributed by atoms with Gasteiger partial charge in [-0.1, -0.05) is 0 Å². The van der Waals surface area contributed by atoms with E-state index in [9.17, 15) is 14.4 Å². The molecule has 0 aromatic carbocycles. The van der Waals surface area contributed by atoms with E-state index in [0.717, 1.165) is 0 Å². The van der Waals surface area contributed by atoms with E-state index in [1.165, 1.54) is 0 Å². The molecule has 0 aliphatic rings. The summed E-state index contributed by atoms with van der Waals surface area (Å²) >= 11 is 8.10. The van der Waals surface area contributed by atoms with Crippen molar-refractivity contribution in [2.24, 2.45) is 5.92 Å². The summed E-state index contributed by atoms with van der Waals surface area (Å²) in [6.07, 6.45) is 0.0584. The molecule has 0 aliphatic heterocycles. The fourth-order valence-corrected chi connectivity index (χ4v) is 1.73. The van der Waals surface area contributed by atoms with Crippen LogP contribution in [0.5, 0.6) is 0 Å². The van der Waals surface area contributed by atoms with Gasteiger partial charge in [0.2, 0.25) is 4.69 Å². The first-order chi connectivity index (χ1) is 5.43. The third-order valence-electron chi connectivity index (χ3n) is 1.13. The third kappa shape index (κ3) is 6.02. The third-order valence-corrected chi connectivity index (χ3v) is 2.43. The van der Waals surface area contributed by atoms with Gasteiger partial charge >= 0.3 is 0 Å². The normalized spacial score (nSPS) is 10.0. The van der Waals surface area contributed by atoms with Crippen LogP contribution in [0.25, 0.3) is 0 Å². The molecule has 3 nitrogen and oxygen atoms in total. The number of carbonyl (C=O) groups excluding carboxylic acids is 3. The molecule has 0 radical (unpaired) electrons. The van der Waals surface area contributed by atoms with Gasteiger partial charge in [0.1, 0.15) is 0 Å². The molecule has 0 unspecified atom stereocenters. The molecule has 0 aromatic heterocycles. The van der Waals surface area contributed by atoms with Crippen molar-refractivity contribution >= 4 is 61.9 Å². The van der Waals surface area contributed by atoms with E-state index < -0.39 is 5.92 Å². The van der Waals surface area contributed by atoms with Crippen LogP contribution in [0.15, 0.2) is 0 Å². The molecule has 0 bridgehead atoms. The number of carbonyl (C=O) groups is 3. The van der Waals surface area contributed by atoms with Crippen LogP contribution in [0.2, 0.25) is 0 Å². The average Bonchev–Trinajstić information content (AvgIpc) is 1.83. The second-order valence-corrected chi connectivity index (χ2v) is 4.67. The predicted molar refractivity (Wildman–Crippen MR) is 54.5 cm³/mol. The molecule has 0 aromatic rings. The van der Waals surface area contributed by atoms with E-state index in [2.05, 4.69) is 47.8 Å². The first-order valence-corrected chi connectivity index (χ1v) is 5.37. The molecule has 0 rings (SSSR count). The molecule has 0 N–H and O–H groups in total. The van der Waals surface area contributed by atoms with E-state index in [1.54, 1.807) is 0 Å². The van der Waals surface area contributed by atoms with Gasteiger partial charge in [-0.05, 0) is 47.8 Å². The summed E-state index contributed by atoms with van der Waals surface area (Å²) in [5.74, 6) is -0.580. The SMILES string of the molecule is O=C(Br)CC(CC(=O)Br)C(=O)Br. The van der Waals surface area contributed by atoms with Gasteiger partial charge in [-0.3, -0.25) is 14.4 Å². The van der Waals surface area contributed by atoms with Crippen LogP contribution >= 0.6 is 47.8 Å². The van der Waals surface area contributed by atoms with Gasteiger partial charge < -0.3 is 0 Å². The summed E-state index contributed by atoms with van der Waals surface area (Å²) in [5.41, 5.74) is 0. The number of halogens is 3. The molecule has 0 fully saturated rings. The van der Waals surface area contributed by atoms with Crippen molar-refractivity contribution in [1.29, 1.82) is 0 Å². The second kappa shape index (κ2) is 5.99. The molecule has 68 valence electrons. The Bertz CT molecular complexity index is 198. The Morgan fingerprint density at radius 3 is 1.42 bits per heavy atom. The van der Waals surface area contributed by atoms with Crippen molar-refractivity contribution in [2.45, 2.75) is 12.8 Å². The minimum absolute atomic E-state index is 0.0292. The smallest absolute Gasteiger partial charge is 0.201 e. The first-order valence-electron chi connectivity index (χ1n) is 2.99. The van der Waals surface area contributed by atoms with Gasteiger partial charge in [-0.2, -0.15) is 0 Å². The zero-order valence-electron chi connectivity index (χ0n) is 5.85. The second-order valence-electron chi connectivity index (χ2n) is 2.12. The predicted octanol–water partition coefficient (Wildman–Crippen LogP) is 2.15. The van der Waals surface area contributed by atoms with Crippen LogP contribution < -0.4 is 0 Å². The van der Waals surface area contributed by atoms with Crippen LogP contribution in [0, 0.1) is 5.92 Å².